The molecule has 0 rings (SSSR count). The normalized spacial score (nSPS) is 14.0. The maximum Gasteiger partial charge on any atom is 0.280 e. The molecule has 0 aromatic heterocycles. The Bertz CT molecular complexity index is 91.0. The quantitative estimate of drug-likeness (QED) is 0.553. The predicted octanol–water partition coefficient (Wildman–Crippen LogP) is 2.78. The largest absolute Gasteiger partial charge is 0.280 e. The van der Waals surface area contributed by atoms with Crippen LogP contribution >= 0.6 is 0 Å². The van der Waals surface area contributed by atoms with Crippen LogP contribution in [0.25, 0.3) is 0 Å². The molecular weight excluding hydrogens is 129 g/mol. The summed E-state index contributed by atoms with van der Waals surface area (Å²) < 4.78 is 37.0. The maximum atomic E-state index is 12.4. The fraction of sp³-hybridized carbons (Fsp3) is 1.00. The molecular formula is C6H11F3. The monoisotopic (exact) mass is 140 g/mol. The number of hydrogen-bond acceptors (Lipinski definition) is 0. The number of hydrogen-bond donors (Lipinski definition) is 0. The smallest absolute Gasteiger partial charge is 0.238 e. The molecule has 56 valence electrons. The second kappa shape index (κ2) is 2.20. The summed E-state index contributed by atoms with van der Waals surface area (Å²) in [4.78, 5) is 0. The zero-order chi connectivity index (χ0) is 7.71. The van der Waals surface area contributed by atoms with Crippen molar-refractivity contribution in [2.75, 3.05) is 0 Å². The molecule has 0 radical (unpaired) electrons. The number of alkyl halides is 3. The Balaban J connectivity index is 4.14. The van der Waals surface area contributed by atoms with Crippen LogP contribution in [-0.2, 0) is 0 Å². The van der Waals surface area contributed by atoms with Gasteiger partial charge in [-0.25, -0.2) is 13.2 Å². The first-order chi connectivity index (χ1) is 3.81. The summed E-state index contributed by atoms with van der Waals surface area (Å²) in [5, 5.41) is 0. The molecule has 0 bridgehead atoms. The van der Waals surface area contributed by atoms with Crippen LogP contribution in [0.15, 0.2) is 0 Å². The molecule has 0 aromatic carbocycles. The van der Waals surface area contributed by atoms with E-state index in [9.17, 15) is 13.2 Å². The summed E-state index contributed by atoms with van der Waals surface area (Å²) in [5.41, 5.74) is -2.39. The molecule has 3 heteroatoms. The van der Waals surface area contributed by atoms with Gasteiger partial charge >= 0.3 is 0 Å². The summed E-state index contributed by atoms with van der Waals surface area (Å²) in [6.07, 6.45) is -0.448. The Morgan fingerprint density at radius 3 is 1.44 bits per heavy atom. The van der Waals surface area contributed by atoms with Gasteiger partial charge in [0.15, 0.2) is 5.67 Å². The third-order valence-corrected chi connectivity index (χ3v) is 1.31. The molecule has 0 saturated heterocycles. The summed E-state index contributed by atoms with van der Waals surface area (Å²) in [5.74, 6) is -3.19. The standard InChI is InChI=1S/C6H11F3/c1-4-6(8,9)5(2,3)7/h4H2,1-3H3. The minimum atomic E-state index is -3.19. The summed E-state index contributed by atoms with van der Waals surface area (Å²) in [6.45, 7) is 3.04. The van der Waals surface area contributed by atoms with Crippen LogP contribution in [-0.4, -0.2) is 11.6 Å². The zero-order valence-corrected chi connectivity index (χ0v) is 5.84. The molecule has 0 heterocycles. The van der Waals surface area contributed by atoms with Gasteiger partial charge in [0.1, 0.15) is 0 Å². The summed E-state index contributed by atoms with van der Waals surface area (Å²) in [6, 6.07) is 0. The molecule has 0 aliphatic carbocycles. The van der Waals surface area contributed by atoms with Gasteiger partial charge in [-0.3, -0.25) is 0 Å². The lowest BCUT2D eigenvalue weighted by atomic mass is 10.0. The average molecular weight is 140 g/mol. The average Bonchev–Trinajstić information content (AvgIpc) is 1.64. The minimum absolute atomic E-state index is 0.448. The van der Waals surface area contributed by atoms with Gasteiger partial charge in [0.25, 0.3) is 5.92 Å². The van der Waals surface area contributed by atoms with Gasteiger partial charge in [0, 0.05) is 6.42 Å². The Morgan fingerprint density at radius 1 is 1.11 bits per heavy atom. The van der Waals surface area contributed by atoms with Crippen molar-refractivity contribution in [1.29, 1.82) is 0 Å². The highest BCUT2D eigenvalue weighted by Gasteiger charge is 2.45. The van der Waals surface area contributed by atoms with E-state index in [2.05, 4.69) is 0 Å². The van der Waals surface area contributed by atoms with Gasteiger partial charge in [-0.1, -0.05) is 6.92 Å². The van der Waals surface area contributed by atoms with E-state index in [0.717, 1.165) is 13.8 Å². The molecule has 9 heavy (non-hydrogen) atoms. The third-order valence-electron chi connectivity index (χ3n) is 1.31. The van der Waals surface area contributed by atoms with Crippen molar-refractivity contribution in [1.82, 2.24) is 0 Å². The van der Waals surface area contributed by atoms with Crippen molar-refractivity contribution >= 4 is 0 Å². The van der Waals surface area contributed by atoms with E-state index < -0.39 is 18.0 Å². The Hall–Kier alpha value is -0.210. The fourth-order valence-electron chi connectivity index (χ4n) is 0.420. The molecule has 0 saturated carbocycles. The van der Waals surface area contributed by atoms with Gasteiger partial charge in [-0.05, 0) is 13.8 Å². The lowest BCUT2D eigenvalue weighted by molar-refractivity contribution is -0.121. The summed E-state index contributed by atoms with van der Waals surface area (Å²) in [7, 11) is 0. The molecule has 0 amide bonds. The molecule has 0 fully saturated rings. The SMILES string of the molecule is CCC(F)(F)C(C)(C)F. The first kappa shape index (κ1) is 8.79. The molecule has 0 nitrogen and oxygen atoms in total. The van der Waals surface area contributed by atoms with E-state index in [1.165, 1.54) is 6.92 Å². The Labute approximate surface area is 53.1 Å². The molecule has 0 N–H and O–H groups in total. The number of halogens is 3. The zero-order valence-electron chi connectivity index (χ0n) is 5.84. The van der Waals surface area contributed by atoms with E-state index in [1.54, 1.807) is 0 Å². The van der Waals surface area contributed by atoms with Crippen LogP contribution < -0.4 is 0 Å². The van der Waals surface area contributed by atoms with Crippen LogP contribution in [0, 0.1) is 0 Å². The predicted molar refractivity (Wildman–Crippen MR) is 30.4 cm³/mol. The third kappa shape index (κ3) is 1.88. The van der Waals surface area contributed by atoms with Crippen LogP contribution in [0.1, 0.15) is 27.2 Å². The minimum Gasteiger partial charge on any atom is -0.238 e. The summed E-state index contributed by atoms with van der Waals surface area (Å²) >= 11 is 0. The topological polar surface area (TPSA) is 0 Å². The molecule has 0 spiro atoms. The lowest BCUT2D eigenvalue weighted by Crippen LogP contribution is -2.37. The van der Waals surface area contributed by atoms with Crippen molar-refractivity contribution in [3.63, 3.8) is 0 Å². The van der Waals surface area contributed by atoms with Gasteiger partial charge in [-0.15, -0.1) is 0 Å². The van der Waals surface area contributed by atoms with Gasteiger partial charge in [0.2, 0.25) is 0 Å². The molecule has 0 unspecified atom stereocenters. The number of rotatable bonds is 2. The first-order valence-corrected chi connectivity index (χ1v) is 2.88. The van der Waals surface area contributed by atoms with Crippen molar-refractivity contribution in [3.8, 4) is 0 Å². The molecule has 0 aliphatic rings. The Morgan fingerprint density at radius 2 is 1.44 bits per heavy atom. The van der Waals surface area contributed by atoms with E-state index in [4.69, 9.17) is 0 Å². The van der Waals surface area contributed by atoms with Gasteiger partial charge in [0.05, 0.1) is 0 Å². The highest BCUT2D eigenvalue weighted by atomic mass is 19.3. The molecule has 0 aromatic rings. The molecule has 0 aliphatic heterocycles. The first-order valence-electron chi connectivity index (χ1n) is 2.88. The van der Waals surface area contributed by atoms with Crippen molar-refractivity contribution in [2.24, 2.45) is 0 Å². The van der Waals surface area contributed by atoms with Crippen molar-refractivity contribution in [3.05, 3.63) is 0 Å². The van der Waals surface area contributed by atoms with Gasteiger partial charge < -0.3 is 0 Å². The lowest BCUT2D eigenvalue weighted by Gasteiger charge is -2.24. The second-order valence-electron chi connectivity index (χ2n) is 2.53. The Kier molecular flexibility index (Phi) is 2.14. The van der Waals surface area contributed by atoms with Crippen LogP contribution in [0.2, 0.25) is 0 Å². The van der Waals surface area contributed by atoms with Crippen LogP contribution in [0.3, 0.4) is 0 Å². The van der Waals surface area contributed by atoms with E-state index in [1.807, 2.05) is 0 Å². The van der Waals surface area contributed by atoms with Crippen LogP contribution in [0.5, 0.6) is 0 Å². The second-order valence-corrected chi connectivity index (χ2v) is 2.53. The van der Waals surface area contributed by atoms with Crippen LogP contribution in [0.4, 0.5) is 13.2 Å². The van der Waals surface area contributed by atoms with E-state index >= 15 is 0 Å². The van der Waals surface area contributed by atoms with E-state index in [0.29, 0.717) is 0 Å². The van der Waals surface area contributed by atoms with Crippen molar-refractivity contribution in [2.45, 2.75) is 38.8 Å². The maximum absolute atomic E-state index is 12.4. The van der Waals surface area contributed by atoms with Gasteiger partial charge in [-0.2, -0.15) is 0 Å². The van der Waals surface area contributed by atoms with E-state index in [-0.39, 0.29) is 0 Å². The fourth-order valence-corrected chi connectivity index (χ4v) is 0.420. The molecule has 0 atom stereocenters. The highest BCUT2D eigenvalue weighted by molar-refractivity contribution is 4.83. The highest BCUT2D eigenvalue weighted by Crippen LogP contribution is 2.34. The van der Waals surface area contributed by atoms with Crippen molar-refractivity contribution < 1.29 is 13.2 Å².